The molecular weight excluding hydrogens is 296 g/mol. The lowest BCUT2D eigenvalue weighted by atomic mass is 10.3. The third-order valence-corrected chi connectivity index (χ3v) is 5.05. The number of hydrogen-bond donors (Lipinski definition) is 1. The first-order valence-corrected chi connectivity index (χ1v) is 8.61. The summed E-state index contributed by atoms with van der Waals surface area (Å²) in [5, 5.41) is 5.51. The molecular formula is C17H18N2O2S. The summed E-state index contributed by atoms with van der Waals surface area (Å²) in [6, 6.07) is 3.92. The van der Waals surface area contributed by atoms with Crippen LogP contribution in [-0.2, 0) is 4.79 Å². The van der Waals surface area contributed by atoms with Gasteiger partial charge in [0, 0.05) is 23.3 Å². The summed E-state index contributed by atoms with van der Waals surface area (Å²) in [4.78, 5) is 16.4. The van der Waals surface area contributed by atoms with Gasteiger partial charge in [-0.05, 0) is 43.4 Å². The highest BCUT2D eigenvalue weighted by Gasteiger charge is 2.36. The van der Waals surface area contributed by atoms with Crippen LogP contribution in [0, 0.1) is 5.92 Å². The summed E-state index contributed by atoms with van der Waals surface area (Å²) in [6.45, 7) is 2.22. The van der Waals surface area contributed by atoms with Crippen molar-refractivity contribution in [2.24, 2.45) is 5.92 Å². The Balaban J connectivity index is 1.35. The van der Waals surface area contributed by atoms with Crippen molar-refractivity contribution in [3.8, 4) is 0 Å². The number of carbonyl (C=O) groups is 1. The SMILES string of the molecule is CC1CC1c1ccc(C=CC(=O)Nc2nc(C3CC3)cs2)o1. The Labute approximate surface area is 133 Å². The van der Waals surface area contributed by atoms with Crippen LogP contribution in [0.3, 0.4) is 0 Å². The molecule has 0 aliphatic heterocycles. The predicted octanol–water partition coefficient (Wildman–Crippen LogP) is 4.39. The number of aromatic nitrogens is 1. The van der Waals surface area contributed by atoms with Crippen molar-refractivity contribution in [1.82, 2.24) is 4.98 Å². The molecule has 1 N–H and O–H groups in total. The Hall–Kier alpha value is -1.88. The molecule has 4 rings (SSSR count). The van der Waals surface area contributed by atoms with Gasteiger partial charge in [0.2, 0.25) is 5.91 Å². The van der Waals surface area contributed by atoms with E-state index in [9.17, 15) is 4.79 Å². The van der Waals surface area contributed by atoms with Crippen molar-refractivity contribution in [3.63, 3.8) is 0 Å². The van der Waals surface area contributed by atoms with Gasteiger partial charge in [-0.25, -0.2) is 4.98 Å². The van der Waals surface area contributed by atoms with E-state index >= 15 is 0 Å². The fourth-order valence-corrected chi connectivity index (χ4v) is 3.39. The van der Waals surface area contributed by atoms with Gasteiger partial charge in [-0.3, -0.25) is 10.1 Å². The molecule has 114 valence electrons. The van der Waals surface area contributed by atoms with Crippen molar-refractivity contribution in [1.29, 1.82) is 0 Å². The highest BCUT2D eigenvalue weighted by Crippen LogP contribution is 2.47. The minimum atomic E-state index is -0.172. The van der Waals surface area contributed by atoms with Crippen molar-refractivity contribution in [2.45, 2.75) is 38.0 Å². The molecule has 1 amide bonds. The molecule has 5 heteroatoms. The molecule has 2 atom stereocenters. The Morgan fingerprint density at radius 1 is 1.45 bits per heavy atom. The number of nitrogens with zero attached hydrogens (tertiary/aromatic N) is 1. The molecule has 2 unspecified atom stereocenters. The van der Waals surface area contributed by atoms with Crippen LogP contribution in [0.4, 0.5) is 5.13 Å². The van der Waals surface area contributed by atoms with E-state index in [0.29, 0.717) is 17.0 Å². The van der Waals surface area contributed by atoms with Gasteiger partial charge in [0.05, 0.1) is 5.69 Å². The summed E-state index contributed by atoms with van der Waals surface area (Å²) in [7, 11) is 0. The molecule has 0 bridgehead atoms. The fourth-order valence-electron chi connectivity index (χ4n) is 2.59. The fraction of sp³-hybridized carbons (Fsp3) is 0.412. The first kappa shape index (κ1) is 13.8. The average molecular weight is 314 g/mol. The van der Waals surface area contributed by atoms with Crippen LogP contribution in [0.5, 0.6) is 0 Å². The summed E-state index contributed by atoms with van der Waals surface area (Å²) < 4.78 is 5.74. The predicted molar refractivity (Wildman–Crippen MR) is 87.0 cm³/mol. The number of nitrogens with one attached hydrogen (secondary N) is 1. The number of amides is 1. The lowest BCUT2D eigenvalue weighted by Crippen LogP contribution is -2.07. The van der Waals surface area contributed by atoms with Crippen LogP contribution in [0.1, 0.15) is 55.2 Å². The van der Waals surface area contributed by atoms with Crippen molar-refractivity contribution < 1.29 is 9.21 Å². The van der Waals surface area contributed by atoms with Crippen LogP contribution >= 0.6 is 11.3 Å². The Morgan fingerprint density at radius 3 is 3.00 bits per heavy atom. The molecule has 2 aliphatic carbocycles. The van der Waals surface area contributed by atoms with Crippen molar-refractivity contribution in [3.05, 3.63) is 40.8 Å². The molecule has 0 saturated heterocycles. The normalized spacial score (nSPS) is 23.9. The second-order valence-corrected chi connectivity index (χ2v) is 7.09. The van der Waals surface area contributed by atoms with E-state index < -0.39 is 0 Å². The number of rotatable bonds is 5. The summed E-state index contributed by atoms with van der Waals surface area (Å²) in [5.41, 5.74) is 1.11. The summed E-state index contributed by atoms with van der Waals surface area (Å²) in [5.74, 6) is 3.48. The van der Waals surface area contributed by atoms with Crippen LogP contribution < -0.4 is 5.32 Å². The molecule has 0 spiro atoms. The van der Waals surface area contributed by atoms with E-state index in [1.165, 1.54) is 36.7 Å². The zero-order valence-electron chi connectivity index (χ0n) is 12.4. The highest BCUT2D eigenvalue weighted by molar-refractivity contribution is 7.14. The van der Waals surface area contributed by atoms with Gasteiger partial charge >= 0.3 is 0 Å². The van der Waals surface area contributed by atoms with Gasteiger partial charge < -0.3 is 4.42 Å². The van der Waals surface area contributed by atoms with Gasteiger partial charge in [-0.1, -0.05) is 6.92 Å². The maximum absolute atomic E-state index is 11.9. The lowest BCUT2D eigenvalue weighted by molar-refractivity contribution is -0.111. The maximum atomic E-state index is 11.9. The lowest BCUT2D eigenvalue weighted by Gasteiger charge is -1.95. The average Bonchev–Trinajstić information content (AvgIpc) is 3.38. The Bertz CT molecular complexity index is 727. The zero-order valence-corrected chi connectivity index (χ0v) is 13.2. The second-order valence-electron chi connectivity index (χ2n) is 6.23. The third kappa shape index (κ3) is 2.99. The largest absolute Gasteiger partial charge is 0.461 e. The number of furan rings is 1. The summed E-state index contributed by atoms with van der Waals surface area (Å²) in [6.07, 6.45) is 6.85. The van der Waals surface area contributed by atoms with E-state index in [2.05, 4.69) is 17.2 Å². The molecule has 2 fully saturated rings. The van der Waals surface area contributed by atoms with Crippen molar-refractivity contribution >= 4 is 28.5 Å². The monoisotopic (exact) mass is 314 g/mol. The van der Waals surface area contributed by atoms with Gasteiger partial charge in [0.15, 0.2) is 5.13 Å². The molecule has 4 nitrogen and oxygen atoms in total. The molecule has 0 aromatic carbocycles. The molecule has 2 aromatic rings. The smallest absolute Gasteiger partial charge is 0.250 e. The second kappa shape index (κ2) is 5.39. The van der Waals surface area contributed by atoms with Crippen LogP contribution in [-0.4, -0.2) is 10.9 Å². The molecule has 0 radical (unpaired) electrons. The van der Waals surface area contributed by atoms with E-state index in [0.717, 1.165) is 23.1 Å². The molecule has 22 heavy (non-hydrogen) atoms. The van der Waals surface area contributed by atoms with E-state index in [-0.39, 0.29) is 5.91 Å². The first-order valence-electron chi connectivity index (χ1n) is 7.73. The molecule has 2 aliphatic rings. The first-order chi connectivity index (χ1) is 10.7. The highest BCUT2D eigenvalue weighted by atomic mass is 32.1. The van der Waals surface area contributed by atoms with E-state index in [4.69, 9.17) is 4.42 Å². The van der Waals surface area contributed by atoms with E-state index in [1.54, 1.807) is 6.08 Å². The van der Waals surface area contributed by atoms with Gasteiger partial charge in [0.1, 0.15) is 11.5 Å². The van der Waals surface area contributed by atoms with Crippen LogP contribution in [0.15, 0.2) is 28.0 Å². The maximum Gasteiger partial charge on any atom is 0.250 e. The van der Waals surface area contributed by atoms with Crippen molar-refractivity contribution in [2.75, 3.05) is 5.32 Å². The number of thiazole rings is 1. The van der Waals surface area contributed by atoms with Gasteiger partial charge in [0.25, 0.3) is 0 Å². The minimum Gasteiger partial charge on any atom is -0.461 e. The topological polar surface area (TPSA) is 55.1 Å². The molecule has 2 saturated carbocycles. The zero-order chi connectivity index (χ0) is 15.1. The standard InChI is InChI=1S/C17H18N2O2S/c1-10-8-13(10)15-6-4-12(21-15)5-7-16(20)19-17-18-14(9-22-17)11-2-3-11/h4-7,9-11,13H,2-3,8H2,1H3,(H,18,19,20). The Morgan fingerprint density at radius 2 is 2.27 bits per heavy atom. The molecule has 2 aromatic heterocycles. The summed E-state index contributed by atoms with van der Waals surface area (Å²) >= 11 is 1.48. The number of carbonyl (C=O) groups excluding carboxylic acids is 1. The quantitative estimate of drug-likeness (QED) is 0.833. The van der Waals surface area contributed by atoms with Crippen LogP contribution in [0.25, 0.3) is 6.08 Å². The van der Waals surface area contributed by atoms with Crippen LogP contribution in [0.2, 0.25) is 0 Å². The number of hydrogen-bond acceptors (Lipinski definition) is 4. The van der Waals surface area contributed by atoms with Gasteiger partial charge in [-0.2, -0.15) is 0 Å². The van der Waals surface area contributed by atoms with Gasteiger partial charge in [-0.15, -0.1) is 11.3 Å². The number of anilines is 1. The molecule has 2 heterocycles. The Kier molecular flexibility index (Phi) is 3.37. The minimum absolute atomic E-state index is 0.172. The van der Waals surface area contributed by atoms with E-state index in [1.807, 2.05) is 17.5 Å². The third-order valence-electron chi connectivity index (χ3n) is 4.27.